The summed E-state index contributed by atoms with van der Waals surface area (Å²) >= 11 is 1.24. The number of methoxy groups -OCH3 is 1. The standard InChI is InChI=1S/C23H21N3O3S/c1-3-13-25-21(27)19(15-24)23-26(17-9-11-18(29-2)12-10-17)22(28)20(30-23)14-16-7-5-4-6-8-16/h3-12,20H,1,13-14H2,2H3,(H,25,27)/b23-19-. The highest BCUT2D eigenvalue weighted by Crippen LogP contribution is 2.42. The van der Waals surface area contributed by atoms with E-state index in [4.69, 9.17) is 4.74 Å². The van der Waals surface area contributed by atoms with E-state index in [1.54, 1.807) is 31.4 Å². The van der Waals surface area contributed by atoms with E-state index < -0.39 is 11.2 Å². The molecule has 0 saturated carbocycles. The van der Waals surface area contributed by atoms with Gasteiger partial charge in [-0.15, -0.1) is 6.58 Å². The van der Waals surface area contributed by atoms with E-state index >= 15 is 0 Å². The summed E-state index contributed by atoms with van der Waals surface area (Å²) in [5, 5.41) is 12.2. The van der Waals surface area contributed by atoms with Gasteiger partial charge in [0, 0.05) is 12.2 Å². The first-order chi connectivity index (χ1) is 14.6. The molecule has 2 aromatic rings. The minimum absolute atomic E-state index is 0.0958. The number of hydrogen-bond donors (Lipinski definition) is 1. The summed E-state index contributed by atoms with van der Waals surface area (Å²) in [6.45, 7) is 3.80. The number of nitriles is 1. The Bertz CT molecular complexity index is 1010. The van der Waals surface area contributed by atoms with Crippen molar-refractivity contribution in [1.82, 2.24) is 5.32 Å². The fourth-order valence-corrected chi connectivity index (χ4v) is 4.34. The van der Waals surface area contributed by atoms with Crippen LogP contribution in [0.3, 0.4) is 0 Å². The van der Waals surface area contributed by atoms with Crippen molar-refractivity contribution < 1.29 is 14.3 Å². The van der Waals surface area contributed by atoms with Crippen LogP contribution in [0.2, 0.25) is 0 Å². The lowest BCUT2D eigenvalue weighted by Gasteiger charge is -2.19. The van der Waals surface area contributed by atoms with Gasteiger partial charge in [-0.2, -0.15) is 5.26 Å². The Hall–Kier alpha value is -3.50. The van der Waals surface area contributed by atoms with Crippen molar-refractivity contribution in [3.63, 3.8) is 0 Å². The van der Waals surface area contributed by atoms with Crippen LogP contribution in [0.4, 0.5) is 5.69 Å². The highest BCUT2D eigenvalue weighted by Gasteiger charge is 2.40. The number of benzene rings is 2. The highest BCUT2D eigenvalue weighted by atomic mass is 32.2. The maximum absolute atomic E-state index is 13.3. The zero-order valence-electron chi connectivity index (χ0n) is 16.5. The first-order valence-electron chi connectivity index (χ1n) is 9.31. The Morgan fingerprint density at radius 2 is 1.97 bits per heavy atom. The van der Waals surface area contributed by atoms with E-state index in [2.05, 4.69) is 11.9 Å². The lowest BCUT2D eigenvalue weighted by atomic mass is 10.1. The lowest BCUT2D eigenvalue weighted by molar-refractivity contribution is -0.117. The van der Waals surface area contributed by atoms with Crippen LogP contribution in [0, 0.1) is 11.3 Å². The summed E-state index contributed by atoms with van der Waals surface area (Å²) in [7, 11) is 1.56. The van der Waals surface area contributed by atoms with Crippen LogP contribution in [-0.4, -0.2) is 30.7 Å². The monoisotopic (exact) mass is 419 g/mol. The van der Waals surface area contributed by atoms with Crippen LogP contribution >= 0.6 is 11.8 Å². The minimum Gasteiger partial charge on any atom is -0.497 e. The van der Waals surface area contributed by atoms with Gasteiger partial charge >= 0.3 is 0 Å². The Morgan fingerprint density at radius 3 is 2.57 bits per heavy atom. The summed E-state index contributed by atoms with van der Waals surface area (Å²) < 4.78 is 5.19. The van der Waals surface area contributed by atoms with Gasteiger partial charge < -0.3 is 10.1 Å². The van der Waals surface area contributed by atoms with Gasteiger partial charge in [0.2, 0.25) is 5.91 Å². The van der Waals surface area contributed by atoms with Gasteiger partial charge in [0.1, 0.15) is 22.4 Å². The number of nitrogens with zero attached hydrogens (tertiary/aromatic N) is 2. The molecular weight excluding hydrogens is 398 g/mol. The van der Waals surface area contributed by atoms with E-state index in [0.717, 1.165) is 5.56 Å². The molecule has 2 aromatic carbocycles. The maximum Gasteiger partial charge on any atom is 0.264 e. The van der Waals surface area contributed by atoms with E-state index in [0.29, 0.717) is 22.9 Å². The fourth-order valence-electron chi connectivity index (χ4n) is 3.03. The molecule has 1 aliphatic heterocycles. The van der Waals surface area contributed by atoms with Gasteiger partial charge in [-0.05, 0) is 36.2 Å². The number of hydrogen-bond acceptors (Lipinski definition) is 5. The Kier molecular flexibility index (Phi) is 6.94. The van der Waals surface area contributed by atoms with Crippen LogP contribution in [-0.2, 0) is 16.0 Å². The van der Waals surface area contributed by atoms with Crippen LogP contribution in [0.5, 0.6) is 5.75 Å². The van der Waals surface area contributed by atoms with Gasteiger partial charge in [-0.1, -0.05) is 48.2 Å². The van der Waals surface area contributed by atoms with Gasteiger partial charge in [0.15, 0.2) is 0 Å². The molecule has 1 unspecified atom stereocenters. The summed E-state index contributed by atoms with van der Waals surface area (Å²) in [6, 6.07) is 18.6. The van der Waals surface area contributed by atoms with Gasteiger partial charge in [0.25, 0.3) is 5.91 Å². The average molecular weight is 420 g/mol. The van der Waals surface area contributed by atoms with Crippen LogP contribution in [0.25, 0.3) is 0 Å². The Balaban J connectivity index is 2.02. The minimum atomic E-state index is -0.536. The Morgan fingerprint density at radius 1 is 1.27 bits per heavy atom. The molecule has 7 heteroatoms. The molecule has 0 radical (unpaired) electrons. The molecule has 1 saturated heterocycles. The predicted octanol–water partition coefficient (Wildman–Crippen LogP) is 3.42. The van der Waals surface area contributed by atoms with Crippen molar-refractivity contribution in [3.8, 4) is 11.8 Å². The van der Waals surface area contributed by atoms with Crippen LogP contribution in [0.1, 0.15) is 5.56 Å². The number of nitrogens with one attached hydrogen (secondary N) is 1. The average Bonchev–Trinajstić information content (AvgIpc) is 3.09. The molecule has 1 atom stereocenters. The van der Waals surface area contributed by atoms with Crippen molar-refractivity contribution >= 4 is 29.3 Å². The molecule has 0 aliphatic carbocycles. The molecule has 0 spiro atoms. The molecule has 0 bridgehead atoms. The first-order valence-corrected chi connectivity index (χ1v) is 10.2. The number of carbonyl (C=O) groups is 2. The zero-order chi connectivity index (χ0) is 21.5. The summed E-state index contributed by atoms with van der Waals surface area (Å²) in [5.41, 5.74) is 1.48. The first kappa shape index (κ1) is 21.2. The molecule has 0 aromatic heterocycles. The van der Waals surface area contributed by atoms with E-state index in [-0.39, 0.29) is 18.0 Å². The Labute approximate surface area is 179 Å². The molecule has 1 heterocycles. The van der Waals surface area contributed by atoms with Gasteiger partial charge in [-0.3, -0.25) is 14.5 Å². The summed E-state index contributed by atoms with van der Waals surface area (Å²) in [4.78, 5) is 27.3. The van der Waals surface area contributed by atoms with Gasteiger partial charge in [0.05, 0.1) is 12.4 Å². The van der Waals surface area contributed by atoms with Crippen LogP contribution in [0.15, 0.2) is 77.9 Å². The number of ether oxygens (including phenoxy) is 1. The van der Waals surface area contributed by atoms with E-state index in [9.17, 15) is 14.9 Å². The van der Waals surface area contributed by atoms with Crippen molar-refractivity contribution in [2.24, 2.45) is 0 Å². The second kappa shape index (κ2) is 9.81. The van der Waals surface area contributed by atoms with E-state index in [1.165, 1.54) is 22.7 Å². The maximum atomic E-state index is 13.3. The quantitative estimate of drug-likeness (QED) is 0.422. The third-order valence-electron chi connectivity index (χ3n) is 4.51. The molecule has 6 nitrogen and oxygen atoms in total. The topological polar surface area (TPSA) is 82.4 Å². The normalized spacial score (nSPS) is 17.3. The summed E-state index contributed by atoms with van der Waals surface area (Å²) in [6.07, 6.45) is 2.03. The number of anilines is 1. The second-order valence-electron chi connectivity index (χ2n) is 6.46. The molecule has 1 aliphatic rings. The molecular formula is C23H21N3O3S. The zero-order valence-corrected chi connectivity index (χ0v) is 17.3. The highest BCUT2D eigenvalue weighted by molar-refractivity contribution is 8.05. The van der Waals surface area contributed by atoms with Crippen molar-refractivity contribution in [2.45, 2.75) is 11.7 Å². The van der Waals surface area contributed by atoms with Gasteiger partial charge in [-0.25, -0.2) is 0 Å². The largest absolute Gasteiger partial charge is 0.497 e. The second-order valence-corrected chi connectivity index (χ2v) is 7.65. The lowest BCUT2D eigenvalue weighted by Crippen LogP contribution is -2.32. The third-order valence-corrected chi connectivity index (χ3v) is 5.77. The molecule has 152 valence electrons. The predicted molar refractivity (Wildman–Crippen MR) is 118 cm³/mol. The smallest absolute Gasteiger partial charge is 0.264 e. The third kappa shape index (κ3) is 4.56. The molecule has 2 amide bonds. The number of carbonyl (C=O) groups excluding carboxylic acids is 2. The van der Waals surface area contributed by atoms with E-state index in [1.807, 2.05) is 36.4 Å². The fraction of sp³-hybridized carbons (Fsp3) is 0.174. The number of amides is 2. The molecule has 30 heavy (non-hydrogen) atoms. The van der Waals surface area contributed by atoms with Crippen molar-refractivity contribution in [3.05, 3.63) is 83.4 Å². The SMILES string of the molecule is C=CCNC(=O)/C(C#N)=C1\SC(Cc2ccccc2)C(=O)N1c1ccc(OC)cc1. The summed E-state index contributed by atoms with van der Waals surface area (Å²) in [5.74, 6) is -0.0616. The molecule has 1 N–H and O–H groups in total. The number of thioether (sulfide) groups is 1. The number of rotatable bonds is 7. The molecule has 1 fully saturated rings. The van der Waals surface area contributed by atoms with Crippen molar-refractivity contribution in [2.75, 3.05) is 18.6 Å². The van der Waals surface area contributed by atoms with Crippen molar-refractivity contribution in [1.29, 1.82) is 5.26 Å². The molecule has 3 rings (SSSR count). The van der Waals surface area contributed by atoms with Crippen LogP contribution < -0.4 is 15.0 Å².